The number of para-hydroxylation sites is 1. The molecule has 4 nitrogen and oxygen atoms in total. The number of fused-ring (bicyclic) bond motifs is 4. The van der Waals surface area contributed by atoms with Gasteiger partial charge in [-0.25, -0.2) is 15.0 Å². The third-order valence-electron chi connectivity index (χ3n) is 6.52. The highest BCUT2D eigenvalue weighted by atomic mass is 14.9. The fourth-order valence-corrected chi connectivity index (χ4v) is 4.70. The van der Waals surface area contributed by atoms with Crippen molar-refractivity contribution in [3.05, 3.63) is 121 Å². The lowest BCUT2D eigenvalue weighted by Crippen LogP contribution is -1.95. The normalized spacial score (nSPS) is 11.3. The average Bonchev–Trinajstić information content (AvgIpc) is 2.97. The Balaban J connectivity index is 1.34. The predicted octanol–water partition coefficient (Wildman–Crippen LogP) is 7.73. The molecule has 4 heteroatoms. The van der Waals surface area contributed by atoms with Crippen molar-refractivity contribution in [2.45, 2.75) is 0 Å². The van der Waals surface area contributed by atoms with Crippen molar-refractivity contribution < 1.29 is 0 Å². The second-order valence-corrected chi connectivity index (χ2v) is 8.77. The van der Waals surface area contributed by atoms with Crippen molar-refractivity contribution in [3.8, 4) is 33.9 Å². The molecule has 3 aromatic heterocycles. The van der Waals surface area contributed by atoms with E-state index in [1.807, 2.05) is 60.8 Å². The number of rotatable bonds is 3. The van der Waals surface area contributed by atoms with E-state index >= 15 is 0 Å². The van der Waals surface area contributed by atoms with Gasteiger partial charge < -0.3 is 0 Å². The molecule has 0 saturated heterocycles. The molecule has 36 heavy (non-hydrogen) atoms. The minimum atomic E-state index is 0.726. The van der Waals surface area contributed by atoms with Gasteiger partial charge in [0.05, 0.1) is 27.9 Å². The van der Waals surface area contributed by atoms with E-state index in [-0.39, 0.29) is 0 Å². The highest BCUT2D eigenvalue weighted by molar-refractivity contribution is 6.03. The molecule has 0 aliphatic rings. The van der Waals surface area contributed by atoms with Crippen LogP contribution in [0.5, 0.6) is 0 Å². The third kappa shape index (κ3) is 3.48. The summed E-state index contributed by atoms with van der Waals surface area (Å²) in [6, 6.07) is 39.1. The van der Waals surface area contributed by atoms with Gasteiger partial charge in [-0.3, -0.25) is 4.98 Å². The zero-order chi connectivity index (χ0) is 23.9. The third-order valence-corrected chi connectivity index (χ3v) is 6.52. The van der Waals surface area contributed by atoms with Crippen LogP contribution >= 0.6 is 0 Å². The largest absolute Gasteiger partial charge is 0.254 e. The molecule has 0 atom stereocenters. The van der Waals surface area contributed by atoms with Crippen LogP contribution in [0.1, 0.15) is 0 Å². The fraction of sp³-hybridized carbons (Fsp3) is 0. The molecule has 0 aliphatic heterocycles. The first kappa shape index (κ1) is 20.4. The number of pyridine rings is 2. The maximum atomic E-state index is 4.99. The number of hydrogen-bond donors (Lipinski definition) is 0. The zero-order valence-electron chi connectivity index (χ0n) is 19.3. The Kier molecular flexibility index (Phi) is 4.74. The van der Waals surface area contributed by atoms with Crippen LogP contribution < -0.4 is 0 Å². The molecule has 7 aromatic rings. The second kappa shape index (κ2) is 8.36. The molecule has 0 aliphatic carbocycles. The average molecular weight is 461 g/mol. The van der Waals surface area contributed by atoms with Gasteiger partial charge >= 0.3 is 0 Å². The van der Waals surface area contributed by atoms with Crippen LogP contribution in [0.3, 0.4) is 0 Å². The molecule has 4 aromatic carbocycles. The topological polar surface area (TPSA) is 51.6 Å². The van der Waals surface area contributed by atoms with Crippen molar-refractivity contribution >= 4 is 32.7 Å². The lowest BCUT2D eigenvalue weighted by atomic mass is 10.0. The Morgan fingerprint density at radius 1 is 0.444 bits per heavy atom. The van der Waals surface area contributed by atoms with Crippen molar-refractivity contribution in [1.29, 1.82) is 0 Å². The van der Waals surface area contributed by atoms with Gasteiger partial charge in [0.1, 0.15) is 0 Å². The molecule has 0 bridgehead atoms. The summed E-state index contributed by atoms with van der Waals surface area (Å²) < 4.78 is 0. The highest BCUT2D eigenvalue weighted by Crippen LogP contribution is 2.31. The number of aromatic nitrogens is 4. The van der Waals surface area contributed by atoms with Crippen LogP contribution in [0.25, 0.3) is 66.6 Å². The van der Waals surface area contributed by atoms with Gasteiger partial charge in [0.2, 0.25) is 0 Å². The molecule has 168 valence electrons. The Morgan fingerprint density at radius 3 is 2.03 bits per heavy atom. The van der Waals surface area contributed by atoms with E-state index in [1.165, 1.54) is 0 Å². The van der Waals surface area contributed by atoms with Gasteiger partial charge in [0, 0.05) is 39.0 Å². The second-order valence-electron chi connectivity index (χ2n) is 8.77. The van der Waals surface area contributed by atoms with Crippen LogP contribution in [-0.4, -0.2) is 19.9 Å². The Hall–Kier alpha value is -4.96. The number of nitrogens with zero attached hydrogens (tertiary/aromatic N) is 4. The SMILES string of the molecule is c1ccc(-c2nc(-c3ccc(-c4ccc5ccc6cccnc6c5n4)cc3)c3ccccc3n2)cc1. The minimum Gasteiger partial charge on any atom is -0.254 e. The van der Waals surface area contributed by atoms with Crippen LogP contribution in [0.15, 0.2) is 121 Å². The minimum absolute atomic E-state index is 0.726. The van der Waals surface area contributed by atoms with Crippen molar-refractivity contribution in [3.63, 3.8) is 0 Å². The number of hydrogen-bond acceptors (Lipinski definition) is 4. The van der Waals surface area contributed by atoms with Gasteiger partial charge in [0.15, 0.2) is 5.82 Å². The summed E-state index contributed by atoms with van der Waals surface area (Å²) in [7, 11) is 0. The summed E-state index contributed by atoms with van der Waals surface area (Å²) in [4.78, 5) is 19.4. The molecular formula is C32H20N4. The Labute approximate surface area is 208 Å². The van der Waals surface area contributed by atoms with Gasteiger partial charge in [-0.15, -0.1) is 0 Å². The Morgan fingerprint density at radius 2 is 1.17 bits per heavy atom. The van der Waals surface area contributed by atoms with E-state index in [0.29, 0.717) is 0 Å². The van der Waals surface area contributed by atoms with Crippen molar-refractivity contribution in [2.75, 3.05) is 0 Å². The highest BCUT2D eigenvalue weighted by Gasteiger charge is 2.12. The summed E-state index contributed by atoms with van der Waals surface area (Å²) >= 11 is 0. The smallest absolute Gasteiger partial charge is 0.160 e. The molecule has 0 radical (unpaired) electrons. The molecule has 7 rings (SSSR count). The molecule has 0 saturated carbocycles. The summed E-state index contributed by atoms with van der Waals surface area (Å²) in [5.74, 6) is 0.726. The van der Waals surface area contributed by atoms with Crippen LogP contribution in [0.2, 0.25) is 0 Å². The van der Waals surface area contributed by atoms with Crippen molar-refractivity contribution in [2.24, 2.45) is 0 Å². The van der Waals surface area contributed by atoms with Crippen LogP contribution in [0.4, 0.5) is 0 Å². The first-order valence-corrected chi connectivity index (χ1v) is 11.9. The first-order chi connectivity index (χ1) is 17.8. The fourth-order valence-electron chi connectivity index (χ4n) is 4.70. The van der Waals surface area contributed by atoms with E-state index in [4.69, 9.17) is 15.0 Å². The molecule has 0 N–H and O–H groups in total. The Bertz CT molecular complexity index is 1880. The molecule has 0 fully saturated rings. The summed E-state index contributed by atoms with van der Waals surface area (Å²) in [6.45, 7) is 0. The van der Waals surface area contributed by atoms with Crippen molar-refractivity contribution in [1.82, 2.24) is 19.9 Å². The molecule has 3 heterocycles. The van der Waals surface area contributed by atoms with Crippen LogP contribution in [0, 0.1) is 0 Å². The first-order valence-electron chi connectivity index (χ1n) is 11.9. The summed E-state index contributed by atoms with van der Waals surface area (Å²) in [5.41, 5.74) is 7.72. The van der Waals surface area contributed by atoms with Crippen LogP contribution in [-0.2, 0) is 0 Å². The van der Waals surface area contributed by atoms with E-state index in [9.17, 15) is 0 Å². The molecular weight excluding hydrogens is 440 g/mol. The lowest BCUT2D eigenvalue weighted by molar-refractivity contribution is 1.23. The molecule has 0 spiro atoms. The van der Waals surface area contributed by atoms with Gasteiger partial charge in [-0.05, 0) is 18.2 Å². The van der Waals surface area contributed by atoms with Gasteiger partial charge in [-0.1, -0.05) is 97.1 Å². The van der Waals surface area contributed by atoms with Gasteiger partial charge in [0.25, 0.3) is 0 Å². The quantitative estimate of drug-likeness (QED) is 0.253. The zero-order valence-corrected chi connectivity index (χ0v) is 19.3. The van der Waals surface area contributed by atoms with Gasteiger partial charge in [-0.2, -0.15) is 0 Å². The molecule has 0 amide bonds. The van der Waals surface area contributed by atoms with E-state index in [0.717, 1.165) is 66.6 Å². The van der Waals surface area contributed by atoms with E-state index in [2.05, 4.69) is 65.6 Å². The van der Waals surface area contributed by atoms with E-state index < -0.39 is 0 Å². The van der Waals surface area contributed by atoms with E-state index in [1.54, 1.807) is 0 Å². The lowest BCUT2D eigenvalue weighted by Gasteiger charge is -2.10. The predicted molar refractivity (Wildman–Crippen MR) is 146 cm³/mol. The monoisotopic (exact) mass is 460 g/mol. The number of benzene rings is 4. The summed E-state index contributed by atoms with van der Waals surface area (Å²) in [5, 5.41) is 3.21. The maximum absolute atomic E-state index is 4.99. The molecule has 0 unspecified atom stereocenters. The summed E-state index contributed by atoms with van der Waals surface area (Å²) in [6.07, 6.45) is 1.82. The maximum Gasteiger partial charge on any atom is 0.160 e. The standard InChI is InChI=1S/C32H20N4/c1-2-7-25(8-3-1)32-35-28-11-5-4-10-26(28)29(36-32)23-14-12-21(13-15-23)27-19-18-24-17-16-22-9-6-20-33-30(22)31(24)34-27/h1-20H.